The van der Waals surface area contributed by atoms with E-state index in [0.717, 1.165) is 41.5 Å². The molecule has 0 saturated heterocycles. The summed E-state index contributed by atoms with van der Waals surface area (Å²) in [4.78, 5) is 0. The number of nitrogens with zero attached hydrogens (tertiary/aromatic N) is 3. The molecule has 0 aliphatic heterocycles. The minimum absolute atomic E-state index is 0.390. The summed E-state index contributed by atoms with van der Waals surface area (Å²) in [5.41, 5.74) is 1.15. The van der Waals surface area contributed by atoms with Gasteiger partial charge in [0.2, 0.25) is 0 Å². The molecule has 1 aliphatic carbocycles. The highest BCUT2D eigenvalue weighted by atomic mass is 16.5. The van der Waals surface area contributed by atoms with Crippen LogP contribution in [0, 0.1) is 11.8 Å². The Morgan fingerprint density at radius 1 is 0.972 bits per heavy atom. The molecule has 1 heterocycles. The molecule has 0 amide bonds. The topological polar surface area (TPSA) is 72.2 Å². The van der Waals surface area contributed by atoms with Crippen LogP contribution in [0.1, 0.15) is 50.6 Å². The fraction of sp³-hybridized carbons (Fsp3) is 0.333. The van der Waals surface area contributed by atoms with E-state index in [9.17, 15) is 5.11 Å². The van der Waals surface area contributed by atoms with Crippen molar-refractivity contribution in [2.45, 2.75) is 56.4 Å². The Bertz CT molecular complexity index is 1340. The smallest absolute Gasteiger partial charge is 0.251 e. The first kappa shape index (κ1) is 24.1. The number of hydrogen-bond donors (Lipinski definition) is 2. The molecule has 2 unspecified atom stereocenters. The maximum atomic E-state index is 11.4. The lowest BCUT2D eigenvalue weighted by molar-refractivity contribution is -0.0758. The van der Waals surface area contributed by atoms with Crippen molar-refractivity contribution in [1.82, 2.24) is 15.0 Å². The zero-order valence-corrected chi connectivity index (χ0v) is 20.6. The predicted molar refractivity (Wildman–Crippen MR) is 142 cm³/mol. The zero-order chi connectivity index (χ0) is 24.8. The normalized spacial score (nSPS) is 17.5. The summed E-state index contributed by atoms with van der Waals surface area (Å²) in [5.74, 6) is 6.70. The molecule has 4 aromatic rings. The Balaban J connectivity index is 1.75. The van der Waals surface area contributed by atoms with Crippen molar-refractivity contribution in [3.05, 3.63) is 90.5 Å². The van der Waals surface area contributed by atoms with Gasteiger partial charge in [0.15, 0.2) is 0 Å². The Morgan fingerprint density at radius 2 is 1.64 bits per heavy atom. The van der Waals surface area contributed by atoms with E-state index < -0.39 is 17.4 Å². The standard InChI is InChI=1S/C30H32N4O2/c1-2-36-30(23-22-29(35)20-12-5-13-21-29,34-27-19-11-10-18-26(27)32-33-34)28(24-14-6-3-7-15-24)31-25-16-8-4-9-17-25/h3-4,6-11,14-19,28,31,35H,2,5,12-13,20-21H2,1H3. The molecule has 3 aromatic carbocycles. The highest BCUT2D eigenvalue weighted by Gasteiger charge is 2.45. The van der Waals surface area contributed by atoms with Gasteiger partial charge in [0.1, 0.15) is 17.2 Å². The summed E-state index contributed by atoms with van der Waals surface area (Å²) >= 11 is 0. The van der Waals surface area contributed by atoms with E-state index in [0.29, 0.717) is 19.4 Å². The molecular formula is C30H32N4O2. The number of ether oxygens (including phenoxy) is 1. The zero-order valence-electron chi connectivity index (χ0n) is 20.6. The minimum atomic E-state index is -1.28. The van der Waals surface area contributed by atoms with Crippen molar-refractivity contribution in [3.8, 4) is 11.8 Å². The SMILES string of the molecule is CCOC(C#CC1(O)CCCCC1)(C(Nc1ccccc1)c1ccccc1)n1nnc2ccccc21. The van der Waals surface area contributed by atoms with Crippen molar-refractivity contribution >= 4 is 16.7 Å². The molecule has 0 bridgehead atoms. The van der Waals surface area contributed by atoms with Gasteiger partial charge in [-0.05, 0) is 68.4 Å². The minimum Gasteiger partial charge on any atom is -0.378 e. The third-order valence-electron chi connectivity index (χ3n) is 6.79. The van der Waals surface area contributed by atoms with Gasteiger partial charge < -0.3 is 15.2 Å². The number of rotatable bonds is 7. The molecule has 5 rings (SSSR count). The van der Waals surface area contributed by atoms with Gasteiger partial charge in [-0.1, -0.05) is 78.2 Å². The van der Waals surface area contributed by atoms with E-state index in [1.165, 1.54) is 0 Å². The molecule has 2 atom stereocenters. The van der Waals surface area contributed by atoms with Crippen LogP contribution in [-0.2, 0) is 10.5 Å². The molecule has 2 N–H and O–H groups in total. The van der Waals surface area contributed by atoms with Gasteiger partial charge in [-0.3, -0.25) is 0 Å². The molecular weight excluding hydrogens is 448 g/mol. The van der Waals surface area contributed by atoms with Crippen LogP contribution < -0.4 is 5.32 Å². The van der Waals surface area contributed by atoms with Gasteiger partial charge in [-0.2, -0.15) is 4.68 Å². The number of hydrogen-bond acceptors (Lipinski definition) is 5. The number of anilines is 1. The van der Waals surface area contributed by atoms with Crippen molar-refractivity contribution in [1.29, 1.82) is 0 Å². The van der Waals surface area contributed by atoms with Gasteiger partial charge in [0, 0.05) is 12.3 Å². The van der Waals surface area contributed by atoms with Gasteiger partial charge in [0.05, 0.1) is 5.52 Å². The second-order valence-electron chi connectivity index (χ2n) is 9.32. The third kappa shape index (κ3) is 4.86. The van der Waals surface area contributed by atoms with Crippen LogP contribution in [0.15, 0.2) is 84.9 Å². The van der Waals surface area contributed by atoms with Crippen LogP contribution in [-0.4, -0.2) is 32.3 Å². The van der Waals surface area contributed by atoms with E-state index in [1.54, 1.807) is 4.68 Å². The first-order valence-electron chi connectivity index (χ1n) is 12.7. The van der Waals surface area contributed by atoms with E-state index >= 15 is 0 Å². The van der Waals surface area contributed by atoms with Gasteiger partial charge in [0.25, 0.3) is 5.72 Å². The molecule has 1 saturated carbocycles. The summed E-state index contributed by atoms with van der Waals surface area (Å²) in [7, 11) is 0. The van der Waals surface area contributed by atoms with Crippen LogP contribution >= 0.6 is 0 Å². The maximum absolute atomic E-state index is 11.4. The van der Waals surface area contributed by atoms with Gasteiger partial charge >= 0.3 is 0 Å². The largest absolute Gasteiger partial charge is 0.378 e. The fourth-order valence-electron chi connectivity index (χ4n) is 4.98. The average Bonchev–Trinajstić information content (AvgIpc) is 3.36. The number of nitrogens with one attached hydrogen (secondary N) is 1. The lowest BCUT2D eigenvalue weighted by Gasteiger charge is -2.38. The summed E-state index contributed by atoms with van der Waals surface area (Å²) in [6.45, 7) is 2.34. The summed E-state index contributed by atoms with van der Waals surface area (Å²) in [6, 6.07) is 27.5. The van der Waals surface area contributed by atoms with Crippen LogP contribution in [0.25, 0.3) is 11.0 Å². The second-order valence-corrected chi connectivity index (χ2v) is 9.32. The molecule has 1 aromatic heterocycles. The van der Waals surface area contributed by atoms with Crippen molar-refractivity contribution < 1.29 is 9.84 Å². The number of benzene rings is 3. The number of aliphatic hydroxyl groups is 1. The van der Waals surface area contributed by atoms with Crippen LogP contribution in [0.5, 0.6) is 0 Å². The molecule has 0 radical (unpaired) electrons. The molecule has 36 heavy (non-hydrogen) atoms. The van der Waals surface area contributed by atoms with Crippen molar-refractivity contribution in [2.24, 2.45) is 0 Å². The quantitative estimate of drug-likeness (QED) is 0.333. The maximum Gasteiger partial charge on any atom is 0.251 e. The van der Waals surface area contributed by atoms with Crippen molar-refractivity contribution in [3.63, 3.8) is 0 Å². The Labute approximate surface area is 212 Å². The first-order chi connectivity index (χ1) is 17.6. The highest BCUT2D eigenvalue weighted by molar-refractivity contribution is 5.74. The molecule has 1 fully saturated rings. The van der Waals surface area contributed by atoms with Gasteiger partial charge in [-0.25, -0.2) is 0 Å². The molecule has 1 aliphatic rings. The first-order valence-corrected chi connectivity index (χ1v) is 12.7. The summed E-state index contributed by atoms with van der Waals surface area (Å²) in [5, 5.41) is 24.1. The predicted octanol–water partition coefficient (Wildman–Crippen LogP) is 5.67. The molecule has 6 nitrogen and oxygen atoms in total. The van der Waals surface area contributed by atoms with Gasteiger partial charge in [-0.15, -0.1) is 5.10 Å². The summed E-state index contributed by atoms with van der Waals surface area (Å²) in [6.07, 6.45) is 4.36. The second kappa shape index (κ2) is 10.5. The summed E-state index contributed by atoms with van der Waals surface area (Å²) < 4.78 is 8.40. The Morgan fingerprint density at radius 3 is 2.36 bits per heavy atom. The lowest BCUT2D eigenvalue weighted by Crippen LogP contribution is -2.46. The molecule has 6 heteroatoms. The number of para-hydroxylation sites is 2. The van der Waals surface area contributed by atoms with Crippen LogP contribution in [0.4, 0.5) is 5.69 Å². The lowest BCUT2D eigenvalue weighted by atomic mass is 9.84. The number of aromatic nitrogens is 3. The Hall–Kier alpha value is -3.66. The fourth-order valence-corrected chi connectivity index (χ4v) is 4.98. The highest BCUT2D eigenvalue weighted by Crippen LogP contribution is 2.39. The third-order valence-corrected chi connectivity index (χ3v) is 6.79. The van der Waals surface area contributed by atoms with E-state index in [1.807, 2.05) is 79.7 Å². The van der Waals surface area contributed by atoms with Crippen LogP contribution in [0.3, 0.4) is 0 Å². The monoisotopic (exact) mass is 480 g/mol. The van der Waals surface area contributed by atoms with E-state index in [4.69, 9.17) is 4.74 Å². The number of fused-ring (bicyclic) bond motifs is 1. The van der Waals surface area contributed by atoms with Crippen molar-refractivity contribution in [2.75, 3.05) is 11.9 Å². The molecule has 0 spiro atoms. The molecule has 184 valence electrons. The van der Waals surface area contributed by atoms with E-state index in [-0.39, 0.29) is 0 Å². The van der Waals surface area contributed by atoms with Crippen LogP contribution in [0.2, 0.25) is 0 Å². The van der Waals surface area contributed by atoms with E-state index in [2.05, 4.69) is 39.6 Å². The Kier molecular flexibility index (Phi) is 7.04. The average molecular weight is 481 g/mol.